The highest BCUT2D eigenvalue weighted by Crippen LogP contribution is 2.13. The number of aromatic nitrogens is 2. The standard InChI is InChI=1S/C10H10N4OS/c11-10-14-6-8(16-10)9(15)13-5-7-3-1-2-4-12-7/h1-4,6H,5H2,(H2,11,14)(H,13,15). The lowest BCUT2D eigenvalue weighted by Gasteiger charge is -2.01. The molecule has 0 aliphatic rings. The van der Waals surface area contributed by atoms with Gasteiger partial charge in [0.1, 0.15) is 4.88 Å². The second-order valence-electron chi connectivity index (χ2n) is 3.07. The molecule has 16 heavy (non-hydrogen) atoms. The van der Waals surface area contributed by atoms with Crippen LogP contribution in [0, 0.1) is 0 Å². The Labute approximate surface area is 96.3 Å². The van der Waals surface area contributed by atoms with Crippen molar-refractivity contribution in [1.82, 2.24) is 15.3 Å². The van der Waals surface area contributed by atoms with Crippen LogP contribution in [0.4, 0.5) is 5.13 Å². The maximum atomic E-state index is 11.6. The molecule has 0 bridgehead atoms. The fraction of sp³-hybridized carbons (Fsp3) is 0.100. The number of thiazole rings is 1. The first-order valence-corrected chi connectivity index (χ1v) is 5.47. The Morgan fingerprint density at radius 3 is 2.94 bits per heavy atom. The van der Waals surface area contributed by atoms with Gasteiger partial charge in [-0.15, -0.1) is 0 Å². The number of carbonyl (C=O) groups is 1. The maximum absolute atomic E-state index is 11.6. The molecule has 0 saturated heterocycles. The maximum Gasteiger partial charge on any atom is 0.263 e. The zero-order chi connectivity index (χ0) is 11.4. The van der Waals surface area contributed by atoms with Crippen LogP contribution >= 0.6 is 11.3 Å². The highest BCUT2D eigenvalue weighted by Gasteiger charge is 2.08. The summed E-state index contributed by atoms with van der Waals surface area (Å²) < 4.78 is 0. The highest BCUT2D eigenvalue weighted by molar-refractivity contribution is 7.17. The van der Waals surface area contributed by atoms with Gasteiger partial charge in [0.25, 0.3) is 5.91 Å². The van der Waals surface area contributed by atoms with Crippen LogP contribution in [0.15, 0.2) is 30.6 Å². The lowest BCUT2D eigenvalue weighted by atomic mass is 10.3. The molecule has 0 aliphatic heterocycles. The number of hydrogen-bond acceptors (Lipinski definition) is 5. The van der Waals surface area contributed by atoms with E-state index in [2.05, 4.69) is 15.3 Å². The third kappa shape index (κ3) is 2.54. The molecule has 0 unspecified atom stereocenters. The van der Waals surface area contributed by atoms with Crippen LogP contribution in [0.25, 0.3) is 0 Å². The fourth-order valence-corrected chi connectivity index (χ4v) is 1.75. The van der Waals surface area contributed by atoms with Crippen molar-refractivity contribution in [2.45, 2.75) is 6.54 Å². The van der Waals surface area contributed by atoms with Gasteiger partial charge >= 0.3 is 0 Å². The van der Waals surface area contributed by atoms with Crippen molar-refractivity contribution < 1.29 is 4.79 Å². The summed E-state index contributed by atoms with van der Waals surface area (Å²) in [6.07, 6.45) is 3.15. The molecule has 0 spiro atoms. The molecule has 0 saturated carbocycles. The van der Waals surface area contributed by atoms with E-state index in [4.69, 9.17) is 5.73 Å². The minimum absolute atomic E-state index is 0.181. The Balaban J connectivity index is 1.94. The van der Waals surface area contributed by atoms with Crippen LogP contribution in [0.1, 0.15) is 15.4 Å². The van der Waals surface area contributed by atoms with E-state index in [-0.39, 0.29) is 5.91 Å². The molecular weight excluding hydrogens is 224 g/mol. The summed E-state index contributed by atoms with van der Waals surface area (Å²) in [7, 11) is 0. The van der Waals surface area contributed by atoms with Crippen molar-refractivity contribution in [3.8, 4) is 0 Å². The molecule has 1 amide bonds. The van der Waals surface area contributed by atoms with Gasteiger partial charge in [0.05, 0.1) is 18.4 Å². The molecule has 6 heteroatoms. The summed E-state index contributed by atoms with van der Waals surface area (Å²) in [6.45, 7) is 0.400. The zero-order valence-corrected chi connectivity index (χ0v) is 9.20. The number of nitrogens with one attached hydrogen (secondary N) is 1. The molecule has 2 aromatic heterocycles. The van der Waals surface area contributed by atoms with Crippen molar-refractivity contribution in [2.24, 2.45) is 0 Å². The Bertz CT molecular complexity index is 483. The van der Waals surface area contributed by atoms with E-state index >= 15 is 0 Å². The van der Waals surface area contributed by atoms with E-state index in [9.17, 15) is 4.79 Å². The van der Waals surface area contributed by atoms with Gasteiger partial charge in [-0.1, -0.05) is 17.4 Å². The monoisotopic (exact) mass is 234 g/mol. The first-order valence-electron chi connectivity index (χ1n) is 4.65. The SMILES string of the molecule is Nc1ncc(C(=O)NCc2ccccn2)s1. The van der Waals surface area contributed by atoms with Crippen molar-refractivity contribution in [3.05, 3.63) is 41.2 Å². The minimum atomic E-state index is -0.181. The Kier molecular flexibility index (Phi) is 3.11. The lowest BCUT2D eigenvalue weighted by molar-refractivity contribution is 0.0954. The number of nitrogens with two attached hydrogens (primary N) is 1. The molecule has 2 rings (SSSR count). The minimum Gasteiger partial charge on any atom is -0.375 e. The molecule has 2 aromatic rings. The molecule has 3 N–H and O–H groups in total. The predicted octanol–water partition coefficient (Wildman–Crippen LogP) is 1.05. The second kappa shape index (κ2) is 4.71. The number of carbonyl (C=O) groups excluding carboxylic acids is 1. The van der Waals surface area contributed by atoms with Gasteiger partial charge in [-0.2, -0.15) is 0 Å². The molecule has 0 atom stereocenters. The van der Waals surface area contributed by atoms with E-state index in [1.165, 1.54) is 17.5 Å². The van der Waals surface area contributed by atoms with Crippen LogP contribution in [-0.4, -0.2) is 15.9 Å². The summed E-state index contributed by atoms with van der Waals surface area (Å²) in [4.78, 5) is 20.0. The summed E-state index contributed by atoms with van der Waals surface area (Å²) >= 11 is 1.17. The van der Waals surface area contributed by atoms with Gasteiger partial charge in [0, 0.05) is 6.20 Å². The number of hydrogen-bond donors (Lipinski definition) is 2. The molecule has 0 radical (unpaired) electrons. The molecule has 82 valence electrons. The topological polar surface area (TPSA) is 80.9 Å². The number of rotatable bonds is 3. The summed E-state index contributed by atoms with van der Waals surface area (Å²) in [5, 5.41) is 3.13. The van der Waals surface area contributed by atoms with Gasteiger partial charge in [-0.3, -0.25) is 9.78 Å². The largest absolute Gasteiger partial charge is 0.375 e. The Hall–Kier alpha value is -1.95. The van der Waals surface area contributed by atoms with Crippen molar-refractivity contribution >= 4 is 22.4 Å². The van der Waals surface area contributed by atoms with E-state index in [0.717, 1.165) is 5.69 Å². The summed E-state index contributed by atoms with van der Waals surface area (Å²) in [5.41, 5.74) is 6.25. The van der Waals surface area contributed by atoms with Crippen LogP contribution < -0.4 is 11.1 Å². The second-order valence-corrected chi connectivity index (χ2v) is 4.13. The summed E-state index contributed by atoms with van der Waals surface area (Å²) in [5.74, 6) is -0.181. The van der Waals surface area contributed by atoms with Crippen molar-refractivity contribution in [1.29, 1.82) is 0 Å². The van der Waals surface area contributed by atoms with Crippen molar-refractivity contribution in [2.75, 3.05) is 5.73 Å². The average Bonchev–Trinajstić information content (AvgIpc) is 2.74. The third-order valence-corrected chi connectivity index (χ3v) is 2.73. The fourth-order valence-electron chi connectivity index (χ4n) is 1.15. The number of amides is 1. The number of nitrogen functional groups attached to an aromatic ring is 1. The molecule has 2 heterocycles. The zero-order valence-electron chi connectivity index (χ0n) is 8.38. The molecule has 0 aliphatic carbocycles. The third-order valence-electron chi connectivity index (χ3n) is 1.90. The van der Waals surface area contributed by atoms with Crippen LogP contribution in [0.3, 0.4) is 0 Å². The lowest BCUT2D eigenvalue weighted by Crippen LogP contribution is -2.22. The normalized spacial score (nSPS) is 10.0. The van der Waals surface area contributed by atoms with Crippen molar-refractivity contribution in [3.63, 3.8) is 0 Å². The number of anilines is 1. The molecular formula is C10H10N4OS. The predicted molar refractivity (Wildman–Crippen MR) is 61.9 cm³/mol. The molecule has 5 nitrogen and oxygen atoms in total. The van der Waals surface area contributed by atoms with Gasteiger partial charge in [-0.05, 0) is 12.1 Å². The van der Waals surface area contributed by atoms with Crippen LogP contribution in [0.5, 0.6) is 0 Å². The Morgan fingerprint density at radius 1 is 1.44 bits per heavy atom. The first kappa shape index (κ1) is 10.6. The van der Waals surface area contributed by atoms with E-state index in [1.54, 1.807) is 6.20 Å². The van der Waals surface area contributed by atoms with E-state index < -0.39 is 0 Å². The van der Waals surface area contributed by atoms with Gasteiger partial charge < -0.3 is 11.1 Å². The van der Waals surface area contributed by atoms with Gasteiger partial charge in [0.15, 0.2) is 5.13 Å². The van der Waals surface area contributed by atoms with Crippen LogP contribution in [0.2, 0.25) is 0 Å². The highest BCUT2D eigenvalue weighted by atomic mass is 32.1. The van der Waals surface area contributed by atoms with Gasteiger partial charge in [-0.25, -0.2) is 4.98 Å². The molecule has 0 aromatic carbocycles. The molecule has 0 fully saturated rings. The first-order chi connectivity index (χ1) is 7.75. The average molecular weight is 234 g/mol. The number of pyridine rings is 1. The van der Waals surface area contributed by atoms with Gasteiger partial charge in [0.2, 0.25) is 0 Å². The quantitative estimate of drug-likeness (QED) is 0.831. The summed E-state index contributed by atoms with van der Waals surface area (Å²) in [6, 6.07) is 5.55. The Morgan fingerprint density at radius 2 is 2.31 bits per heavy atom. The van der Waals surface area contributed by atoms with E-state index in [0.29, 0.717) is 16.6 Å². The van der Waals surface area contributed by atoms with Crippen LogP contribution in [-0.2, 0) is 6.54 Å². The smallest absolute Gasteiger partial charge is 0.263 e. The van der Waals surface area contributed by atoms with E-state index in [1.807, 2.05) is 18.2 Å². The number of nitrogens with zero attached hydrogens (tertiary/aromatic N) is 2.